The van der Waals surface area contributed by atoms with Crippen molar-refractivity contribution in [3.63, 3.8) is 0 Å². The molecule has 6 heteroatoms. The second kappa shape index (κ2) is 8.12. The number of hydrogen-bond donors (Lipinski definition) is 0. The molecule has 0 amide bonds. The molecule has 1 aliphatic rings. The lowest BCUT2D eigenvalue weighted by Gasteiger charge is -2.22. The Hall–Kier alpha value is -1.40. The van der Waals surface area contributed by atoms with Crippen molar-refractivity contribution in [2.75, 3.05) is 13.1 Å². The van der Waals surface area contributed by atoms with Gasteiger partial charge in [-0.2, -0.15) is 4.31 Å². The van der Waals surface area contributed by atoms with Crippen LogP contribution in [0.25, 0.3) is 0 Å². The average molecular weight is 353 g/mol. The van der Waals surface area contributed by atoms with Gasteiger partial charge in [-0.1, -0.05) is 26.3 Å². The molecule has 0 aromatic heterocycles. The number of ether oxygens (including phenoxy) is 1. The molecular weight excluding hydrogens is 326 g/mol. The number of hydrogen-bond acceptors (Lipinski definition) is 4. The summed E-state index contributed by atoms with van der Waals surface area (Å²) in [6, 6.07) is 4.77. The van der Waals surface area contributed by atoms with Crippen molar-refractivity contribution in [2.45, 2.75) is 63.9 Å². The van der Waals surface area contributed by atoms with E-state index in [2.05, 4.69) is 0 Å². The van der Waals surface area contributed by atoms with Gasteiger partial charge in [0.05, 0.1) is 10.5 Å². The van der Waals surface area contributed by atoms with E-state index >= 15 is 0 Å². The normalized spacial score (nSPS) is 16.3. The Labute approximate surface area is 145 Å². The Morgan fingerprint density at radius 1 is 1.17 bits per heavy atom. The van der Waals surface area contributed by atoms with Gasteiger partial charge in [-0.25, -0.2) is 13.2 Å². The minimum absolute atomic E-state index is 0.0459. The molecule has 0 spiro atoms. The van der Waals surface area contributed by atoms with E-state index in [0.29, 0.717) is 24.2 Å². The molecule has 1 aromatic rings. The van der Waals surface area contributed by atoms with Gasteiger partial charge in [-0.05, 0) is 50.3 Å². The Bertz CT molecular complexity index is 674. The summed E-state index contributed by atoms with van der Waals surface area (Å²) < 4.78 is 32.5. The Morgan fingerprint density at radius 3 is 2.38 bits per heavy atom. The minimum atomic E-state index is -3.60. The van der Waals surface area contributed by atoms with Crippen LogP contribution >= 0.6 is 0 Å². The molecule has 5 nitrogen and oxygen atoms in total. The summed E-state index contributed by atoms with van der Waals surface area (Å²) in [5, 5.41) is 0. The molecule has 0 heterocycles. The number of carbonyl (C=O) groups is 1. The Kier molecular flexibility index (Phi) is 6.40. The lowest BCUT2D eigenvalue weighted by molar-refractivity contribution is 0.0211. The van der Waals surface area contributed by atoms with E-state index < -0.39 is 16.0 Å². The van der Waals surface area contributed by atoms with Crippen LogP contribution in [0.5, 0.6) is 0 Å². The van der Waals surface area contributed by atoms with Crippen molar-refractivity contribution in [1.29, 1.82) is 0 Å². The molecule has 2 rings (SSSR count). The smallest absolute Gasteiger partial charge is 0.338 e. The van der Waals surface area contributed by atoms with Gasteiger partial charge in [-0.3, -0.25) is 0 Å². The van der Waals surface area contributed by atoms with E-state index in [1.165, 1.54) is 16.8 Å². The zero-order valence-corrected chi connectivity index (χ0v) is 15.6. The second-order valence-electron chi connectivity index (χ2n) is 6.23. The van der Waals surface area contributed by atoms with Crippen molar-refractivity contribution in [3.8, 4) is 0 Å². The summed E-state index contributed by atoms with van der Waals surface area (Å²) in [7, 11) is -3.60. The van der Waals surface area contributed by atoms with Crippen LogP contribution in [0.15, 0.2) is 23.1 Å². The first-order valence-corrected chi connectivity index (χ1v) is 10.2. The highest BCUT2D eigenvalue weighted by molar-refractivity contribution is 7.89. The van der Waals surface area contributed by atoms with Gasteiger partial charge in [0.25, 0.3) is 0 Å². The van der Waals surface area contributed by atoms with Gasteiger partial charge in [0.1, 0.15) is 6.10 Å². The van der Waals surface area contributed by atoms with Gasteiger partial charge < -0.3 is 4.74 Å². The van der Waals surface area contributed by atoms with E-state index in [0.717, 1.165) is 25.7 Å². The fraction of sp³-hybridized carbons (Fsp3) is 0.611. The van der Waals surface area contributed by atoms with Crippen LogP contribution in [0, 0.1) is 6.92 Å². The second-order valence-corrected chi connectivity index (χ2v) is 8.14. The summed E-state index contributed by atoms with van der Waals surface area (Å²) in [6.45, 7) is 6.14. The van der Waals surface area contributed by atoms with Gasteiger partial charge in [-0.15, -0.1) is 0 Å². The fourth-order valence-corrected chi connectivity index (χ4v) is 4.82. The molecular formula is C18H27NO4S. The highest BCUT2D eigenvalue weighted by Crippen LogP contribution is 2.24. The van der Waals surface area contributed by atoms with E-state index in [1.54, 1.807) is 32.9 Å². The summed E-state index contributed by atoms with van der Waals surface area (Å²) in [5.41, 5.74) is 0.938. The molecule has 24 heavy (non-hydrogen) atoms. The quantitative estimate of drug-likeness (QED) is 0.734. The third-order valence-electron chi connectivity index (χ3n) is 4.57. The van der Waals surface area contributed by atoms with Gasteiger partial charge in [0.15, 0.2) is 0 Å². The largest absolute Gasteiger partial charge is 0.459 e. The monoisotopic (exact) mass is 353 g/mol. The highest BCUT2D eigenvalue weighted by Gasteiger charge is 2.26. The zero-order chi connectivity index (χ0) is 17.7. The van der Waals surface area contributed by atoms with Crippen molar-refractivity contribution in [2.24, 2.45) is 0 Å². The number of aryl methyl sites for hydroxylation is 1. The van der Waals surface area contributed by atoms with Crippen molar-refractivity contribution in [1.82, 2.24) is 4.31 Å². The summed E-state index contributed by atoms with van der Waals surface area (Å²) in [4.78, 5) is 12.6. The van der Waals surface area contributed by atoms with Crippen LogP contribution < -0.4 is 0 Å². The average Bonchev–Trinajstić information content (AvgIpc) is 2.56. The van der Waals surface area contributed by atoms with E-state index in [4.69, 9.17) is 4.74 Å². The van der Waals surface area contributed by atoms with E-state index in [-0.39, 0.29) is 11.0 Å². The molecule has 1 aliphatic carbocycles. The molecule has 1 saturated carbocycles. The first kappa shape index (κ1) is 18.9. The van der Waals surface area contributed by atoms with Crippen molar-refractivity contribution >= 4 is 16.0 Å². The molecule has 0 radical (unpaired) electrons. The van der Waals surface area contributed by atoms with Gasteiger partial charge >= 0.3 is 5.97 Å². The van der Waals surface area contributed by atoms with Gasteiger partial charge in [0, 0.05) is 13.1 Å². The summed E-state index contributed by atoms with van der Waals surface area (Å²) >= 11 is 0. The third kappa shape index (κ3) is 4.16. The number of carbonyl (C=O) groups excluding carboxylic acids is 1. The zero-order valence-electron chi connectivity index (χ0n) is 14.7. The van der Waals surface area contributed by atoms with Crippen LogP contribution in [0.3, 0.4) is 0 Å². The third-order valence-corrected chi connectivity index (χ3v) is 6.76. The maximum atomic E-state index is 12.8. The molecule has 0 aliphatic heterocycles. The SMILES string of the molecule is CCN(CC)S(=O)(=O)c1cc(C(=O)OC2CCCCC2)ccc1C. The lowest BCUT2D eigenvalue weighted by atomic mass is 9.98. The molecule has 0 atom stereocenters. The molecule has 0 bridgehead atoms. The predicted molar refractivity (Wildman–Crippen MR) is 93.6 cm³/mol. The molecule has 1 aromatic carbocycles. The maximum Gasteiger partial charge on any atom is 0.338 e. The molecule has 0 unspecified atom stereocenters. The maximum absolute atomic E-state index is 12.8. The first-order valence-electron chi connectivity index (χ1n) is 8.72. The summed E-state index contributed by atoms with van der Waals surface area (Å²) in [5.74, 6) is -0.433. The fourth-order valence-electron chi connectivity index (χ4n) is 3.11. The standard InChI is InChI=1S/C18H27NO4S/c1-4-19(5-2)24(21,22)17-13-15(12-11-14(17)3)18(20)23-16-9-7-6-8-10-16/h11-13,16H,4-10H2,1-3H3. The molecule has 0 saturated heterocycles. The van der Waals surface area contributed by atoms with Crippen LogP contribution in [0.4, 0.5) is 0 Å². The van der Waals surface area contributed by atoms with Crippen LogP contribution in [-0.2, 0) is 14.8 Å². The molecule has 0 N–H and O–H groups in total. The van der Waals surface area contributed by atoms with Crippen LogP contribution in [0.1, 0.15) is 61.9 Å². The van der Waals surface area contributed by atoms with Crippen molar-refractivity contribution in [3.05, 3.63) is 29.3 Å². The summed E-state index contributed by atoms with van der Waals surface area (Å²) in [6.07, 6.45) is 5.08. The number of nitrogens with zero attached hydrogens (tertiary/aromatic N) is 1. The van der Waals surface area contributed by atoms with E-state index in [9.17, 15) is 13.2 Å². The highest BCUT2D eigenvalue weighted by atomic mass is 32.2. The molecule has 1 fully saturated rings. The van der Waals surface area contributed by atoms with E-state index in [1.807, 2.05) is 0 Å². The number of benzene rings is 1. The van der Waals surface area contributed by atoms with Crippen LogP contribution in [-0.4, -0.2) is 37.9 Å². The van der Waals surface area contributed by atoms with Gasteiger partial charge in [0.2, 0.25) is 10.0 Å². The first-order chi connectivity index (χ1) is 11.4. The molecule has 134 valence electrons. The van der Waals surface area contributed by atoms with Crippen molar-refractivity contribution < 1.29 is 17.9 Å². The predicted octanol–water partition coefficient (Wildman–Crippen LogP) is 3.52. The number of rotatable bonds is 6. The minimum Gasteiger partial charge on any atom is -0.459 e. The topological polar surface area (TPSA) is 63.7 Å². The Balaban J connectivity index is 2.26. The lowest BCUT2D eigenvalue weighted by Crippen LogP contribution is -2.31. The van der Waals surface area contributed by atoms with Crippen LogP contribution in [0.2, 0.25) is 0 Å². The number of sulfonamides is 1. The Morgan fingerprint density at radius 2 is 1.79 bits per heavy atom. The number of esters is 1.